The molecule has 1 aliphatic rings. The molecule has 0 saturated carbocycles. The highest BCUT2D eigenvalue weighted by Gasteiger charge is 2.25. The van der Waals surface area contributed by atoms with Gasteiger partial charge in [-0.3, -0.25) is 14.5 Å². The summed E-state index contributed by atoms with van der Waals surface area (Å²) >= 11 is 0. The number of nitrogens with zero attached hydrogens (tertiary/aromatic N) is 1. The average Bonchev–Trinajstić information content (AvgIpc) is 2.67. The van der Waals surface area contributed by atoms with E-state index >= 15 is 0 Å². The quantitative estimate of drug-likeness (QED) is 0.699. The third kappa shape index (κ3) is 5.12. The molecule has 0 aliphatic carbocycles. The van der Waals surface area contributed by atoms with E-state index in [2.05, 4.69) is 23.1 Å². The van der Waals surface area contributed by atoms with Gasteiger partial charge in [-0.2, -0.15) is 0 Å². The first-order valence-corrected chi connectivity index (χ1v) is 9.50. The summed E-state index contributed by atoms with van der Waals surface area (Å²) in [6.07, 6.45) is 3.52. The van der Waals surface area contributed by atoms with E-state index in [9.17, 15) is 9.59 Å². The number of carbonyl (C=O) groups is 2. The van der Waals surface area contributed by atoms with Crippen LogP contribution in [0.4, 0.5) is 0 Å². The van der Waals surface area contributed by atoms with E-state index in [-0.39, 0.29) is 11.7 Å². The number of rotatable bonds is 7. The number of aryl methyl sites for hydroxylation is 1. The van der Waals surface area contributed by atoms with Crippen LogP contribution in [0.25, 0.3) is 0 Å². The van der Waals surface area contributed by atoms with E-state index in [1.54, 1.807) is 6.92 Å². The maximum absolute atomic E-state index is 12.6. The Kier molecular flexibility index (Phi) is 6.35. The van der Waals surface area contributed by atoms with Gasteiger partial charge in [-0.05, 0) is 49.9 Å². The lowest BCUT2D eigenvalue weighted by atomic mass is 9.90. The first-order valence-electron chi connectivity index (χ1n) is 9.50. The zero-order valence-corrected chi connectivity index (χ0v) is 15.5. The second-order valence-electron chi connectivity index (χ2n) is 7.28. The van der Waals surface area contributed by atoms with Crippen LogP contribution in [0, 0.1) is 5.92 Å². The van der Waals surface area contributed by atoms with Gasteiger partial charge in [0.1, 0.15) is 5.78 Å². The van der Waals surface area contributed by atoms with Crippen LogP contribution in [0.2, 0.25) is 0 Å². The van der Waals surface area contributed by atoms with Crippen molar-refractivity contribution in [2.45, 2.75) is 39.2 Å². The largest absolute Gasteiger partial charge is 0.299 e. The molecule has 2 aromatic rings. The Morgan fingerprint density at radius 3 is 2.58 bits per heavy atom. The number of likely N-dealkylation sites (tertiary alicyclic amines) is 1. The second kappa shape index (κ2) is 8.91. The smallest absolute Gasteiger partial charge is 0.159 e. The van der Waals surface area contributed by atoms with Crippen molar-refractivity contribution in [1.29, 1.82) is 0 Å². The summed E-state index contributed by atoms with van der Waals surface area (Å²) in [5, 5.41) is 0. The van der Waals surface area contributed by atoms with Crippen LogP contribution in [0.1, 0.15) is 47.7 Å². The van der Waals surface area contributed by atoms with Gasteiger partial charge >= 0.3 is 0 Å². The summed E-state index contributed by atoms with van der Waals surface area (Å²) in [5.74, 6) is 0.624. The van der Waals surface area contributed by atoms with Crippen molar-refractivity contribution in [2.24, 2.45) is 5.92 Å². The Labute approximate surface area is 156 Å². The fourth-order valence-electron chi connectivity index (χ4n) is 3.73. The highest BCUT2D eigenvalue weighted by atomic mass is 16.1. The third-order valence-corrected chi connectivity index (χ3v) is 5.20. The van der Waals surface area contributed by atoms with Crippen molar-refractivity contribution < 1.29 is 9.59 Å². The molecule has 0 radical (unpaired) electrons. The predicted octanol–water partition coefficient (Wildman–Crippen LogP) is 4.30. The Morgan fingerprint density at radius 2 is 1.81 bits per heavy atom. The molecule has 0 amide bonds. The van der Waals surface area contributed by atoms with E-state index in [0.29, 0.717) is 12.2 Å². The molecule has 1 unspecified atom stereocenters. The van der Waals surface area contributed by atoms with Crippen molar-refractivity contribution in [1.82, 2.24) is 4.90 Å². The maximum Gasteiger partial charge on any atom is 0.159 e. The van der Waals surface area contributed by atoms with E-state index in [1.807, 2.05) is 36.4 Å². The minimum atomic E-state index is 0.0967. The summed E-state index contributed by atoms with van der Waals surface area (Å²) in [6.45, 7) is 4.26. The van der Waals surface area contributed by atoms with Gasteiger partial charge in [0, 0.05) is 31.0 Å². The molecular weight excluding hydrogens is 322 g/mol. The van der Waals surface area contributed by atoms with Gasteiger partial charge < -0.3 is 0 Å². The number of ketones is 2. The predicted molar refractivity (Wildman–Crippen MR) is 104 cm³/mol. The Bertz CT molecular complexity index is 754. The van der Waals surface area contributed by atoms with Crippen LogP contribution in [0.5, 0.6) is 0 Å². The molecule has 1 heterocycles. The molecule has 0 aromatic heterocycles. The van der Waals surface area contributed by atoms with Gasteiger partial charge in [-0.25, -0.2) is 0 Å². The molecule has 0 spiro atoms. The first-order chi connectivity index (χ1) is 12.6. The van der Waals surface area contributed by atoms with Crippen molar-refractivity contribution in [3.63, 3.8) is 0 Å². The number of Topliss-reactive ketones (excluding diaryl/α,β-unsaturated/α-hetero) is 2. The molecule has 136 valence electrons. The first kappa shape index (κ1) is 18.5. The van der Waals surface area contributed by atoms with Crippen molar-refractivity contribution in [3.05, 3.63) is 71.3 Å². The van der Waals surface area contributed by atoms with Gasteiger partial charge in [0.25, 0.3) is 0 Å². The van der Waals surface area contributed by atoms with Crippen LogP contribution in [0.3, 0.4) is 0 Å². The van der Waals surface area contributed by atoms with Crippen LogP contribution in [0.15, 0.2) is 54.6 Å². The van der Waals surface area contributed by atoms with Gasteiger partial charge in [0.05, 0.1) is 0 Å². The lowest BCUT2D eigenvalue weighted by molar-refractivity contribution is -0.124. The SMILES string of the molecule is CC(=O)c1cccc(CN2CCCC(C(=O)CCc3ccccc3)C2)c1. The van der Waals surface area contributed by atoms with Crippen molar-refractivity contribution in [2.75, 3.05) is 13.1 Å². The lowest BCUT2D eigenvalue weighted by Gasteiger charge is -2.32. The number of piperidine rings is 1. The van der Waals surface area contributed by atoms with Crippen molar-refractivity contribution >= 4 is 11.6 Å². The molecule has 1 fully saturated rings. The summed E-state index contributed by atoms with van der Waals surface area (Å²) in [6, 6.07) is 18.1. The van der Waals surface area contributed by atoms with E-state index in [0.717, 1.165) is 50.0 Å². The number of hydrogen-bond acceptors (Lipinski definition) is 3. The number of benzene rings is 2. The molecule has 1 atom stereocenters. The maximum atomic E-state index is 12.6. The highest BCUT2D eigenvalue weighted by Crippen LogP contribution is 2.21. The molecule has 0 N–H and O–H groups in total. The van der Waals surface area contributed by atoms with Gasteiger partial charge in [0.15, 0.2) is 5.78 Å². The molecule has 0 bridgehead atoms. The van der Waals surface area contributed by atoms with Crippen LogP contribution in [-0.4, -0.2) is 29.6 Å². The molecule has 3 heteroatoms. The van der Waals surface area contributed by atoms with Crippen molar-refractivity contribution in [3.8, 4) is 0 Å². The van der Waals surface area contributed by atoms with Crippen LogP contribution >= 0.6 is 0 Å². The Morgan fingerprint density at radius 1 is 1.04 bits per heavy atom. The summed E-state index contributed by atoms with van der Waals surface area (Å²) < 4.78 is 0. The molecule has 3 rings (SSSR count). The topological polar surface area (TPSA) is 37.4 Å². The van der Waals surface area contributed by atoms with Crippen LogP contribution < -0.4 is 0 Å². The minimum absolute atomic E-state index is 0.0967. The molecule has 1 aliphatic heterocycles. The fraction of sp³-hybridized carbons (Fsp3) is 0.391. The molecule has 3 nitrogen and oxygen atoms in total. The highest BCUT2D eigenvalue weighted by molar-refractivity contribution is 5.94. The van der Waals surface area contributed by atoms with E-state index in [4.69, 9.17) is 0 Å². The monoisotopic (exact) mass is 349 g/mol. The van der Waals surface area contributed by atoms with E-state index in [1.165, 1.54) is 5.56 Å². The Balaban J connectivity index is 1.54. The summed E-state index contributed by atoms with van der Waals surface area (Å²) in [4.78, 5) is 26.6. The van der Waals surface area contributed by atoms with Crippen LogP contribution in [-0.2, 0) is 17.8 Å². The van der Waals surface area contributed by atoms with E-state index < -0.39 is 0 Å². The normalized spacial score (nSPS) is 17.8. The van der Waals surface area contributed by atoms with Gasteiger partial charge in [-0.15, -0.1) is 0 Å². The third-order valence-electron chi connectivity index (χ3n) is 5.20. The lowest BCUT2D eigenvalue weighted by Crippen LogP contribution is -2.38. The molecule has 1 saturated heterocycles. The summed E-state index contributed by atoms with van der Waals surface area (Å²) in [7, 11) is 0. The van der Waals surface area contributed by atoms with Gasteiger partial charge in [0.2, 0.25) is 0 Å². The molecular formula is C23H27NO2. The molecule has 2 aromatic carbocycles. The molecule has 26 heavy (non-hydrogen) atoms. The van der Waals surface area contributed by atoms with Gasteiger partial charge in [-0.1, -0.05) is 48.5 Å². The number of carbonyl (C=O) groups excluding carboxylic acids is 2. The standard InChI is InChI=1S/C23H27NO2/c1-18(25)21-10-5-9-20(15-21)16-24-14-6-11-22(17-24)23(26)13-12-19-7-3-2-4-8-19/h2-5,7-10,15,22H,6,11-14,16-17H2,1H3. The average molecular weight is 349 g/mol. The number of hydrogen-bond donors (Lipinski definition) is 0. The fourth-order valence-corrected chi connectivity index (χ4v) is 3.73. The second-order valence-corrected chi connectivity index (χ2v) is 7.28. The zero-order chi connectivity index (χ0) is 18.4. The Hall–Kier alpha value is -2.26. The zero-order valence-electron chi connectivity index (χ0n) is 15.5. The minimum Gasteiger partial charge on any atom is -0.299 e. The summed E-state index contributed by atoms with van der Waals surface area (Å²) in [5.41, 5.74) is 3.14.